The van der Waals surface area contributed by atoms with Gasteiger partial charge in [0.05, 0.1) is 5.52 Å². The summed E-state index contributed by atoms with van der Waals surface area (Å²) in [4.78, 5) is 8.53. The van der Waals surface area contributed by atoms with Gasteiger partial charge in [-0.25, -0.2) is 14.4 Å². The van der Waals surface area contributed by atoms with Crippen LogP contribution in [0.5, 0.6) is 0 Å². The van der Waals surface area contributed by atoms with Crippen molar-refractivity contribution in [2.24, 2.45) is 0 Å². The van der Waals surface area contributed by atoms with Crippen LogP contribution in [0.15, 0.2) is 48.8 Å². The standard InChI is InChI=1S/C15H11FIN3/c16-11-3-1-10(2-4-11)8-18-15-13-7-12(17)5-6-14(13)19-9-20-15/h1-7,9H,8H2,(H,18,19,20). The summed E-state index contributed by atoms with van der Waals surface area (Å²) in [6.07, 6.45) is 1.54. The number of nitrogens with zero attached hydrogens (tertiary/aromatic N) is 2. The van der Waals surface area contributed by atoms with Crippen molar-refractivity contribution in [3.05, 3.63) is 63.7 Å². The zero-order valence-electron chi connectivity index (χ0n) is 10.5. The van der Waals surface area contributed by atoms with Gasteiger partial charge >= 0.3 is 0 Å². The van der Waals surface area contributed by atoms with E-state index in [0.29, 0.717) is 6.54 Å². The lowest BCUT2D eigenvalue weighted by atomic mass is 10.2. The van der Waals surface area contributed by atoms with E-state index in [0.717, 1.165) is 25.9 Å². The number of hydrogen-bond acceptors (Lipinski definition) is 3. The Kier molecular flexibility index (Phi) is 3.77. The fraction of sp³-hybridized carbons (Fsp3) is 0.0667. The molecule has 0 bridgehead atoms. The lowest BCUT2D eigenvalue weighted by Gasteiger charge is -2.08. The van der Waals surface area contributed by atoms with Gasteiger partial charge in [0.1, 0.15) is 18.0 Å². The van der Waals surface area contributed by atoms with Crippen LogP contribution in [0, 0.1) is 9.39 Å². The van der Waals surface area contributed by atoms with E-state index in [1.807, 2.05) is 18.2 Å². The Hall–Kier alpha value is -1.76. The third kappa shape index (κ3) is 2.87. The molecule has 2 aromatic carbocycles. The fourth-order valence-electron chi connectivity index (χ4n) is 1.96. The molecule has 0 aliphatic carbocycles. The molecule has 5 heteroatoms. The molecular formula is C15H11FIN3. The molecule has 1 N–H and O–H groups in total. The van der Waals surface area contributed by atoms with Gasteiger partial charge in [0.2, 0.25) is 0 Å². The Balaban J connectivity index is 1.87. The predicted molar refractivity (Wildman–Crippen MR) is 86.0 cm³/mol. The van der Waals surface area contributed by atoms with Crippen LogP contribution in [0.1, 0.15) is 5.56 Å². The molecule has 0 unspecified atom stereocenters. The van der Waals surface area contributed by atoms with Gasteiger partial charge in [-0.05, 0) is 58.5 Å². The van der Waals surface area contributed by atoms with Crippen LogP contribution in [-0.2, 0) is 6.54 Å². The molecule has 20 heavy (non-hydrogen) atoms. The van der Waals surface area contributed by atoms with Crippen molar-refractivity contribution >= 4 is 39.3 Å². The predicted octanol–water partition coefficient (Wildman–Crippen LogP) is 3.99. The van der Waals surface area contributed by atoms with Crippen LogP contribution in [0.3, 0.4) is 0 Å². The average Bonchev–Trinajstić information content (AvgIpc) is 2.47. The van der Waals surface area contributed by atoms with Crippen LogP contribution in [0.25, 0.3) is 10.9 Å². The highest BCUT2D eigenvalue weighted by molar-refractivity contribution is 14.1. The molecule has 3 rings (SSSR count). The molecule has 100 valence electrons. The minimum absolute atomic E-state index is 0.226. The number of aromatic nitrogens is 2. The summed E-state index contributed by atoms with van der Waals surface area (Å²) in [5, 5.41) is 4.26. The molecule has 0 aliphatic heterocycles. The Morgan fingerprint density at radius 1 is 1.05 bits per heavy atom. The Labute approximate surface area is 129 Å². The third-order valence-corrected chi connectivity index (χ3v) is 3.64. The van der Waals surface area contributed by atoms with Gasteiger partial charge in [-0.1, -0.05) is 12.1 Å². The number of anilines is 1. The van der Waals surface area contributed by atoms with Gasteiger partial charge in [0.15, 0.2) is 0 Å². The number of benzene rings is 2. The smallest absolute Gasteiger partial charge is 0.137 e. The van der Waals surface area contributed by atoms with Crippen LogP contribution in [0.2, 0.25) is 0 Å². The maximum absolute atomic E-state index is 12.9. The van der Waals surface area contributed by atoms with Crippen molar-refractivity contribution in [3.8, 4) is 0 Å². The zero-order valence-corrected chi connectivity index (χ0v) is 12.6. The van der Waals surface area contributed by atoms with E-state index in [1.165, 1.54) is 12.1 Å². The lowest BCUT2D eigenvalue weighted by molar-refractivity contribution is 0.627. The number of nitrogens with one attached hydrogen (secondary N) is 1. The molecule has 0 saturated carbocycles. The number of hydrogen-bond donors (Lipinski definition) is 1. The lowest BCUT2D eigenvalue weighted by Crippen LogP contribution is -2.02. The van der Waals surface area contributed by atoms with Crippen molar-refractivity contribution in [3.63, 3.8) is 0 Å². The maximum atomic E-state index is 12.9. The molecule has 0 fully saturated rings. The first-order chi connectivity index (χ1) is 9.72. The number of rotatable bonds is 3. The fourth-order valence-corrected chi connectivity index (χ4v) is 2.45. The summed E-state index contributed by atoms with van der Waals surface area (Å²) in [5.74, 6) is 0.564. The third-order valence-electron chi connectivity index (χ3n) is 2.97. The number of fused-ring (bicyclic) bond motifs is 1. The van der Waals surface area contributed by atoms with Gasteiger partial charge in [0, 0.05) is 15.5 Å². The highest BCUT2D eigenvalue weighted by Gasteiger charge is 2.04. The molecule has 0 radical (unpaired) electrons. The van der Waals surface area contributed by atoms with E-state index in [1.54, 1.807) is 18.5 Å². The highest BCUT2D eigenvalue weighted by Crippen LogP contribution is 2.22. The molecule has 3 nitrogen and oxygen atoms in total. The summed E-state index contributed by atoms with van der Waals surface area (Å²) in [7, 11) is 0. The summed E-state index contributed by atoms with van der Waals surface area (Å²) in [5.41, 5.74) is 1.91. The van der Waals surface area contributed by atoms with E-state index in [9.17, 15) is 4.39 Å². The van der Waals surface area contributed by atoms with Gasteiger partial charge in [-0.2, -0.15) is 0 Å². The molecular weight excluding hydrogens is 368 g/mol. The van der Waals surface area contributed by atoms with Gasteiger partial charge in [-0.15, -0.1) is 0 Å². The average molecular weight is 379 g/mol. The summed E-state index contributed by atoms with van der Waals surface area (Å²) < 4.78 is 14.0. The molecule has 0 spiro atoms. The molecule has 1 heterocycles. The molecule has 0 amide bonds. The van der Waals surface area contributed by atoms with E-state index in [2.05, 4.69) is 37.9 Å². The molecule has 0 saturated heterocycles. The second-order valence-electron chi connectivity index (χ2n) is 4.36. The molecule has 3 aromatic rings. The summed E-state index contributed by atoms with van der Waals surface area (Å²) >= 11 is 2.26. The molecule has 1 aromatic heterocycles. The quantitative estimate of drug-likeness (QED) is 0.700. The normalized spacial score (nSPS) is 10.7. The first-order valence-corrected chi connectivity index (χ1v) is 7.19. The SMILES string of the molecule is Fc1ccc(CNc2ncnc3ccc(I)cc23)cc1. The van der Waals surface area contributed by atoms with E-state index < -0.39 is 0 Å². The highest BCUT2D eigenvalue weighted by atomic mass is 127. The number of halogens is 2. The Bertz CT molecular complexity index is 744. The minimum atomic E-state index is -0.226. The second kappa shape index (κ2) is 5.70. The zero-order chi connectivity index (χ0) is 13.9. The monoisotopic (exact) mass is 379 g/mol. The summed E-state index contributed by atoms with van der Waals surface area (Å²) in [6.45, 7) is 0.595. The first-order valence-electron chi connectivity index (χ1n) is 6.11. The van der Waals surface area contributed by atoms with E-state index in [4.69, 9.17) is 0 Å². The van der Waals surface area contributed by atoms with Crippen LogP contribution < -0.4 is 5.32 Å². The molecule has 0 atom stereocenters. The van der Waals surface area contributed by atoms with Gasteiger partial charge < -0.3 is 5.32 Å². The van der Waals surface area contributed by atoms with Gasteiger partial charge in [0.25, 0.3) is 0 Å². The van der Waals surface area contributed by atoms with Crippen molar-refractivity contribution in [1.82, 2.24) is 9.97 Å². The van der Waals surface area contributed by atoms with Crippen molar-refractivity contribution in [2.75, 3.05) is 5.32 Å². The second-order valence-corrected chi connectivity index (χ2v) is 5.61. The van der Waals surface area contributed by atoms with Crippen LogP contribution in [-0.4, -0.2) is 9.97 Å². The van der Waals surface area contributed by atoms with Crippen LogP contribution >= 0.6 is 22.6 Å². The molecule has 0 aliphatic rings. The first kappa shape index (κ1) is 13.2. The van der Waals surface area contributed by atoms with E-state index in [-0.39, 0.29) is 5.82 Å². The minimum Gasteiger partial charge on any atom is -0.365 e. The van der Waals surface area contributed by atoms with Crippen LogP contribution in [0.4, 0.5) is 10.2 Å². The van der Waals surface area contributed by atoms with Gasteiger partial charge in [-0.3, -0.25) is 0 Å². The van der Waals surface area contributed by atoms with E-state index >= 15 is 0 Å². The van der Waals surface area contributed by atoms with Crippen molar-refractivity contribution in [2.45, 2.75) is 6.54 Å². The Morgan fingerprint density at radius 3 is 2.65 bits per heavy atom. The largest absolute Gasteiger partial charge is 0.365 e. The summed E-state index contributed by atoms with van der Waals surface area (Å²) in [6, 6.07) is 12.5. The van der Waals surface area contributed by atoms with Crippen molar-refractivity contribution < 1.29 is 4.39 Å². The topological polar surface area (TPSA) is 37.8 Å². The Morgan fingerprint density at radius 2 is 1.85 bits per heavy atom. The maximum Gasteiger partial charge on any atom is 0.137 e. The van der Waals surface area contributed by atoms with Crippen molar-refractivity contribution in [1.29, 1.82) is 0 Å².